The zero-order valence-electron chi connectivity index (χ0n) is 14.7. The third-order valence-corrected chi connectivity index (χ3v) is 3.51. The van der Waals surface area contributed by atoms with Gasteiger partial charge in [0.1, 0.15) is 5.57 Å². The molecular weight excluding hydrogens is 375 g/mol. The Bertz CT molecular complexity index is 919. The third-order valence-electron chi connectivity index (χ3n) is 3.51. The molecule has 0 bridgehead atoms. The summed E-state index contributed by atoms with van der Waals surface area (Å²) >= 11 is 0. The molecule has 5 nitrogen and oxygen atoms in total. The van der Waals surface area contributed by atoms with Crippen LogP contribution in [0.2, 0.25) is 0 Å². The highest BCUT2D eigenvalue weighted by Crippen LogP contribution is 2.26. The second-order valence-electron chi connectivity index (χ2n) is 5.48. The number of esters is 1. The summed E-state index contributed by atoms with van der Waals surface area (Å²) in [5.41, 5.74) is -0.305. The molecule has 0 amide bonds. The number of carbonyl (C=O) groups is 2. The molecule has 2 aromatic rings. The Balaban J connectivity index is 2.36. The lowest BCUT2D eigenvalue weighted by atomic mass is 10.0. The number of hydrogen-bond acceptors (Lipinski definition) is 5. The molecule has 0 fully saturated rings. The first-order chi connectivity index (χ1) is 13.2. The Morgan fingerprint density at radius 1 is 1.07 bits per heavy atom. The van der Waals surface area contributed by atoms with Gasteiger partial charge in [-0.1, -0.05) is 42.5 Å². The molecule has 0 atom stereocenters. The second kappa shape index (κ2) is 8.98. The van der Waals surface area contributed by atoms with Crippen LogP contribution in [0.1, 0.15) is 22.8 Å². The van der Waals surface area contributed by atoms with E-state index in [-0.39, 0.29) is 23.6 Å². The molecule has 0 aromatic heterocycles. The van der Waals surface area contributed by atoms with Gasteiger partial charge in [-0.3, -0.25) is 9.79 Å². The molecule has 0 aliphatic heterocycles. The SMILES string of the molecule is CCOC(=O)/C(C=Nc1cccc(C(=O)c2ccccc2)c1)=C(/O)C(F)(F)F. The Hall–Kier alpha value is -3.42. The van der Waals surface area contributed by atoms with Crippen molar-refractivity contribution >= 4 is 23.7 Å². The highest BCUT2D eigenvalue weighted by molar-refractivity contribution is 6.11. The molecule has 0 saturated carbocycles. The van der Waals surface area contributed by atoms with Gasteiger partial charge in [0.25, 0.3) is 0 Å². The number of carbonyl (C=O) groups excluding carboxylic acids is 2. The average molecular weight is 391 g/mol. The quantitative estimate of drug-likeness (QED) is 0.258. The number of rotatable bonds is 6. The fourth-order valence-electron chi connectivity index (χ4n) is 2.19. The molecular formula is C20H16F3NO4. The van der Waals surface area contributed by atoms with Crippen LogP contribution in [0.15, 0.2) is 70.9 Å². The van der Waals surface area contributed by atoms with Crippen molar-refractivity contribution < 1.29 is 32.6 Å². The van der Waals surface area contributed by atoms with Gasteiger partial charge in [-0.2, -0.15) is 13.2 Å². The Kier molecular flexibility index (Phi) is 6.70. The molecule has 8 heteroatoms. The minimum Gasteiger partial charge on any atom is -0.504 e. The van der Waals surface area contributed by atoms with E-state index in [1.165, 1.54) is 31.2 Å². The molecule has 0 radical (unpaired) electrons. The lowest BCUT2D eigenvalue weighted by Crippen LogP contribution is -2.20. The number of alkyl halides is 3. The molecule has 2 rings (SSSR count). The van der Waals surface area contributed by atoms with Crippen LogP contribution in [-0.2, 0) is 9.53 Å². The highest BCUT2D eigenvalue weighted by Gasteiger charge is 2.38. The van der Waals surface area contributed by atoms with Crippen LogP contribution in [0, 0.1) is 0 Å². The maximum atomic E-state index is 12.8. The molecule has 0 unspecified atom stereocenters. The van der Waals surface area contributed by atoms with Crippen molar-refractivity contribution in [2.45, 2.75) is 13.1 Å². The summed E-state index contributed by atoms with van der Waals surface area (Å²) in [6.07, 6.45) is -4.58. The minimum absolute atomic E-state index is 0.124. The average Bonchev–Trinajstić information content (AvgIpc) is 2.68. The Morgan fingerprint density at radius 2 is 1.71 bits per heavy atom. The van der Waals surface area contributed by atoms with E-state index in [9.17, 15) is 27.9 Å². The van der Waals surface area contributed by atoms with E-state index >= 15 is 0 Å². The fraction of sp³-hybridized carbons (Fsp3) is 0.150. The third kappa shape index (κ3) is 5.29. The largest absolute Gasteiger partial charge is 0.504 e. The van der Waals surface area contributed by atoms with Crippen molar-refractivity contribution in [3.8, 4) is 0 Å². The number of ether oxygens (including phenoxy) is 1. The topological polar surface area (TPSA) is 76.0 Å². The molecule has 146 valence electrons. The summed E-state index contributed by atoms with van der Waals surface area (Å²) in [6.45, 7) is 1.23. The summed E-state index contributed by atoms with van der Waals surface area (Å²) in [5, 5.41) is 9.32. The van der Waals surface area contributed by atoms with E-state index in [0.29, 0.717) is 11.8 Å². The summed E-state index contributed by atoms with van der Waals surface area (Å²) in [5.74, 6) is -3.76. The van der Waals surface area contributed by atoms with Crippen LogP contribution in [-0.4, -0.2) is 35.9 Å². The molecule has 0 aliphatic rings. The Labute approximate surface area is 158 Å². The first kappa shape index (κ1) is 20.9. The fourth-order valence-corrected chi connectivity index (χ4v) is 2.19. The van der Waals surface area contributed by atoms with E-state index in [0.717, 1.165) is 0 Å². The molecule has 28 heavy (non-hydrogen) atoms. The summed E-state index contributed by atoms with van der Waals surface area (Å²) in [7, 11) is 0. The summed E-state index contributed by atoms with van der Waals surface area (Å²) in [6, 6.07) is 14.2. The number of halogens is 3. The smallest absolute Gasteiger partial charge is 0.449 e. The summed E-state index contributed by atoms with van der Waals surface area (Å²) < 4.78 is 42.8. The van der Waals surface area contributed by atoms with Gasteiger partial charge in [0, 0.05) is 17.3 Å². The normalized spacial score (nSPS) is 12.6. The van der Waals surface area contributed by atoms with Gasteiger partial charge >= 0.3 is 12.1 Å². The number of benzene rings is 2. The van der Waals surface area contributed by atoms with Crippen molar-refractivity contribution in [1.29, 1.82) is 0 Å². The molecule has 1 N–H and O–H groups in total. The molecule has 0 heterocycles. The van der Waals surface area contributed by atoms with Crippen LogP contribution < -0.4 is 0 Å². The van der Waals surface area contributed by atoms with Crippen LogP contribution in [0.3, 0.4) is 0 Å². The molecule has 0 spiro atoms. The van der Waals surface area contributed by atoms with Gasteiger partial charge in [-0.05, 0) is 19.1 Å². The van der Waals surface area contributed by atoms with Gasteiger partial charge < -0.3 is 9.84 Å². The zero-order chi connectivity index (χ0) is 20.7. The van der Waals surface area contributed by atoms with E-state index < -0.39 is 23.5 Å². The number of aliphatic hydroxyl groups is 1. The van der Waals surface area contributed by atoms with Gasteiger partial charge in [-0.25, -0.2) is 4.79 Å². The van der Waals surface area contributed by atoms with Crippen molar-refractivity contribution in [2.75, 3.05) is 6.61 Å². The molecule has 2 aromatic carbocycles. The van der Waals surface area contributed by atoms with Crippen molar-refractivity contribution in [1.82, 2.24) is 0 Å². The summed E-state index contributed by atoms with van der Waals surface area (Å²) in [4.78, 5) is 28.0. The van der Waals surface area contributed by atoms with E-state index in [4.69, 9.17) is 0 Å². The number of aliphatic imine (C=N–C) groups is 1. The number of aliphatic hydroxyl groups excluding tert-OH is 1. The molecule has 0 aliphatic carbocycles. The predicted molar refractivity (Wildman–Crippen MR) is 96.8 cm³/mol. The predicted octanol–water partition coefficient (Wildman–Crippen LogP) is 4.56. The van der Waals surface area contributed by atoms with E-state index in [2.05, 4.69) is 9.73 Å². The number of hydrogen-bond donors (Lipinski definition) is 1. The highest BCUT2D eigenvalue weighted by atomic mass is 19.4. The first-order valence-electron chi connectivity index (χ1n) is 8.15. The van der Waals surface area contributed by atoms with Gasteiger partial charge in [-0.15, -0.1) is 0 Å². The Morgan fingerprint density at radius 3 is 2.32 bits per heavy atom. The minimum atomic E-state index is -5.14. The lowest BCUT2D eigenvalue weighted by Gasteiger charge is -2.09. The van der Waals surface area contributed by atoms with Crippen molar-refractivity contribution in [2.24, 2.45) is 4.99 Å². The monoisotopic (exact) mass is 391 g/mol. The molecule has 0 saturated heterocycles. The van der Waals surface area contributed by atoms with E-state index in [1.54, 1.807) is 30.3 Å². The van der Waals surface area contributed by atoms with Crippen molar-refractivity contribution in [3.63, 3.8) is 0 Å². The number of allylic oxidation sites excluding steroid dienone is 1. The van der Waals surface area contributed by atoms with Crippen LogP contribution >= 0.6 is 0 Å². The van der Waals surface area contributed by atoms with Gasteiger partial charge in [0.15, 0.2) is 5.78 Å². The maximum absolute atomic E-state index is 12.8. The van der Waals surface area contributed by atoms with Crippen LogP contribution in [0.4, 0.5) is 18.9 Å². The number of ketones is 1. The number of nitrogens with zero attached hydrogens (tertiary/aromatic N) is 1. The first-order valence-corrected chi connectivity index (χ1v) is 8.15. The zero-order valence-corrected chi connectivity index (χ0v) is 14.7. The van der Waals surface area contributed by atoms with Gasteiger partial charge in [0.05, 0.1) is 12.3 Å². The van der Waals surface area contributed by atoms with Crippen molar-refractivity contribution in [3.05, 3.63) is 77.1 Å². The standard InChI is InChI=1S/C20H16F3NO4/c1-2-28-19(27)16(18(26)20(21,22)23)12-24-15-10-6-9-14(11-15)17(25)13-7-4-3-5-8-13/h3-12,26H,2H2,1H3/b18-16+,24-12?. The van der Waals surface area contributed by atoms with Crippen LogP contribution in [0.25, 0.3) is 0 Å². The maximum Gasteiger partial charge on any atom is 0.449 e. The van der Waals surface area contributed by atoms with Gasteiger partial charge in [0.2, 0.25) is 5.76 Å². The second-order valence-corrected chi connectivity index (χ2v) is 5.48. The lowest BCUT2D eigenvalue weighted by molar-refractivity contribution is -0.141. The van der Waals surface area contributed by atoms with Crippen LogP contribution in [0.5, 0.6) is 0 Å². The van der Waals surface area contributed by atoms with E-state index in [1.807, 2.05) is 0 Å².